The summed E-state index contributed by atoms with van der Waals surface area (Å²) in [6, 6.07) is 13.8. The third-order valence-electron chi connectivity index (χ3n) is 4.88. The SMILES string of the molecule is Cn1nc2c(c1-c1ccccc1)CCN(c1ncccc1C(N)=O)CC2. The highest BCUT2D eigenvalue weighted by atomic mass is 16.1. The number of pyridine rings is 1. The molecule has 2 N–H and O–H groups in total. The molecule has 0 radical (unpaired) electrons. The molecule has 0 unspecified atom stereocenters. The van der Waals surface area contributed by atoms with E-state index in [0.29, 0.717) is 11.4 Å². The number of nitrogens with two attached hydrogens (primary N) is 1. The van der Waals surface area contributed by atoms with Gasteiger partial charge in [0.2, 0.25) is 0 Å². The topological polar surface area (TPSA) is 77.0 Å². The van der Waals surface area contributed by atoms with Crippen molar-refractivity contribution in [2.75, 3.05) is 18.0 Å². The second-order valence-corrected chi connectivity index (χ2v) is 6.49. The number of aryl methyl sites for hydroxylation is 1. The summed E-state index contributed by atoms with van der Waals surface area (Å²) in [5, 5.41) is 4.75. The van der Waals surface area contributed by atoms with Gasteiger partial charge in [-0.2, -0.15) is 5.10 Å². The van der Waals surface area contributed by atoms with E-state index in [-0.39, 0.29) is 0 Å². The van der Waals surface area contributed by atoms with Gasteiger partial charge in [-0.05, 0) is 18.6 Å². The van der Waals surface area contributed by atoms with Gasteiger partial charge < -0.3 is 10.6 Å². The minimum absolute atomic E-state index is 0.446. The number of benzene rings is 1. The van der Waals surface area contributed by atoms with Crippen LogP contribution in [0.15, 0.2) is 48.7 Å². The molecule has 6 nitrogen and oxygen atoms in total. The Balaban J connectivity index is 1.67. The van der Waals surface area contributed by atoms with Gasteiger partial charge in [-0.1, -0.05) is 30.3 Å². The van der Waals surface area contributed by atoms with Crippen LogP contribution in [0, 0.1) is 0 Å². The highest BCUT2D eigenvalue weighted by molar-refractivity contribution is 5.97. The molecule has 1 aromatic carbocycles. The average molecular weight is 347 g/mol. The molecule has 26 heavy (non-hydrogen) atoms. The van der Waals surface area contributed by atoms with E-state index < -0.39 is 5.91 Å². The van der Waals surface area contributed by atoms with Crippen molar-refractivity contribution in [2.45, 2.75) is 12.8 Å². The molecule has 0 atom stereocenters. The highest BCUT2D eigenvalue weighted by Gasteiger charge is 2.24. The van der Waals surface area contributed by atoms with E-state index in [1.807, 2.05) is 29.9 Å². The molecule has 3 heterocycles. The lowest BCUT2D eigenvalue weighted by Crippen LogP contribution is -2.30. The molecule has 0 saturated heterocycles. The number of rotatable bonds is 3. The number of aromatic nitrogens is 3. The van der Waals surface area contributed by atoms with Crippen molar-refractivity contribution in [1.29, 1.82) is 0 Å². The van der Waals surface area contributed by atoms with Crippen molar-refractivity contribution in [3.8, 4) is 11.3 Å². The Morgan fingerprint density at radius 2 is 1.85 bits per heavy atom. The van der Waals surface area contributed by atoms with Gasteiger partial charge in [0, 0.05) is 43.9 Å². The minimum Gasteiger partial charge on any atom is -0.365 e. The Labute approximate surface area is 152 Å². The first-order valence-electron chi connectivity index (χ1n) is 8.75. The molecule has 1 aliphatic rings. The Bertz CT molecular complexity index is 948. The molecule has 0 aliphatic carbocycles. The van der Waals surface area contributed by atoms with Gasteiger partial charge in [-0.25, -0.2) is 4.98 Å². The molecule has 0 saturated carbocycles. The molecular weight excluding hydrogens is 326 g/mol. The Morgan fingerprint density at radius 1 is 1.08 bits per heavy atom. The zero-order chi connectivity index (χ0) is 18.1. The lowest BCUT2D eigenvalue weighted by molar-refractivity contribution is 0.100. The molecule has 1 aliphatic heterocycles. The van der Waals surface area contributed by atoms with Crippen LogP contribution >= 0.6 is 0 Å². The van der Waals surface area contributed by atoms with E-state index in [0.717, 1.165) is 31.6 Å². The third-order valence-corrected chi connectivity index (χ3v) is 4.88. The number of primary amides is 1. The maximum Gasteiger partial charge on any atom is 0.252 e. The van der Waals surface area contributed by atoms with Gasteiger partial charge in [-0.15, -0.1) is 0 Å². The van der Waals surface area contributed by atoms with Crippen molar-refractivity contribution >= 4 is 11.7 Å². The average Bonchev–Trinajstić information content (AvgIpc) is 2.84. The quantitative estimate of drug-likeness (QED) is 0.788. The fourth-order valence-electron chi connectivity index (χ4n) is 3.70. The molecule has 2 aromatic heterocycles. The second kappa shape index (κ2) is 6.63. The molecule has 1 amide bonds. The first kappa shape index (κ1) is 16.3. The maximum atomic E-state index is 11.7. The molecule has 0 bridgehead atoms. The first-order valence-corrected chi connectivity index (χ1v) is 8.75. The van der Waals surface area contributed by atoms with Crippen molar-refractivity contribution in [2.24, 2.45) is 12.8 Å². The van der Waals surface area contributed by atoms with Crippen LogP contribution in [0.1, 0.15) is 21.6 Å². The molecule has 132 valence electrons. The summed E-state index contributed by atoms with van der Waals surface area (Å²) in [6.07, 6.45) is 3.36. The molecule has 0 fully saturated rings. The summed E-state index contributed by atoms with van der Waals surface area (Å²) in [7, 11) is 2.00. The fourth-order valence-corrected chi connectivity index (χ4v) is 3.70. The number of carbonyl (C=O) groups excluding carboxylic acids is 1. The summed E-state index contributed by atoms with van der Waals surface area (Å²) < 4.78 is 1.98. The number of hydrogen-bond donors (Lipinski definition) is 1. The number of nitrogens with zero attached hydrogens (tertiary/aromatic N) is 4. The van der Waals surface area contributed by atoms with Gasteiger partial charge in [-0.3, -0.25) is 9.48 Å². The number of anilines is 1. The number of hydrogen-bond acceptors (Lipinski definition) is 4. The van der Waals surface area contributed by atoms with Crippen LogP contribution in [0.2, 0.25) is 0 Å². The monoisotopic (exact) mass is 347 g/mol. The van der Waals surface area contributed by atoms with Crippen LogP contribution in [0.4, 0.5) is 5.82 Å². The van der Waals surface area contributed by atoms with Crippen molar-refractivity contribution in [3.05, 3.63) is 65.5 Å². The van der Waals surface area contributed by atoms with E-state index >= 15 is 0 Å². The third kappa shape index (κ3) is 2.83. The summed E-state index contributed by atoms with van der Waals surface area (Å²) in [5.41, 5.74) is 10.7. The first-order chi connectivity index (χ1) is 12.6. The Hall–Kier alpha value is -3.15. The van der Waals surface area contributed by atoms with E-state index in [4.69, 9.17) is 10.8 Å². The van der Waals surface area contributed by atoms with Gasteiger partial charge >= 0.3 is 0 Å². The van der Waals surface area contributed by atoms with E-state index in [2.05, 4.69) is 22.0 Å². The number of carbonyl (C=O) groups is 1. The van der Waals surface area contributed by atoms with Crippen molar-refractivity contribution in [3.63, 3.8) is 0 Å². The highest BCUT2D eigenvalue weighted by Crippen LogP contribution is 2.29. The van der Waals surface area contributed by atoms with Crippen molar-refractivity contribution in [1.82, 2.24) is 14.8 Å². The lowest BCUT2D eigenvalue weighted by atomic mass is 10.0. The molecule has 4 rings (SSSR count). The van der Waals surface area contributed by atoms with Gasteiger partial charge in [0.15, 0.2) is 0 Å². The minimum atomic E-state index is -0.446. The standard InChI is InChI=1S/C20H21N5O/c1-24-18(14-6-3-2-4-7-14)15-9-12-25(13-10-17(15)23-24)20-16(19(21)26)8-5-11-22-20/h2-8,11H,9-10,12-13H2,1H3,(H2,21,26). The summed E-state index contributed by atoms with van der Waals surface area (Å²) >= 11 is 0. The maximum absolute atomic E-state index is 11.7. The Kier molecular flexibility index (Phi) is 4.16. The lowest BCUT2D eigenvalue weighted by Gasteiger charge is -2.23. The van der Waals surface area contributed by atoms with E-state index in [9.17, 15) is 4.79 Å². The normalized spacial score (nSPS) is 14.0. The van der Waals surface area contributed by atoms with Crippen LogP contribution in [-0.4, -0.2) is 33.8 Å². The van der Waals surface area contributed by atoms with Crippen LogP contribution < -0.4 is 10.6 Å². The van der Waals surface area contributed by atoms with E-state index in [1.54, 1.807) is 18.3 Å². The molecular formula is C20H21N5O. The smallest absolute Gasteiger partial charge is 0.252 e. The summed E-state index contributed by atoms with van der Waals surface area (Å²) in [5.74, 6) is 0.217. The van der Waals surface area contributed by atoms with Gasteiger partial charge in [0.1, 0.15) is 5.82 Å². The predicted molar refractivity (Wildman–Crippen MR) is 101 cm³/mol. The number of amides is 1. The zero-order valence-electron chi connectivity index (χ0n) is 14.7. The summed E-state index contributed by atoms with van der Waals surface area (Å²) in [6.45, 7) is 1.53. The number of fused-ring (bicyclic) bond motifs is 1. The Morgan fingerprint density at radius 3 is 2.62 bits per heavy atom. The van der Waals surface area contributed by atoms with Gasteiger partial charge in [0.05, 0.1) is 17.0 Å². The predicted octanol–water partition coefficient (Wildman–Crippen LogP) is 2.19. The van der Waals surface area contributed by atoms with Crippen LogP contribution in [0.3, 0.4) is 0 Å². The molecule has 3 aromatic rings. The van der Waals surface area contributed by atoms with Crippen LogP contribution in [-0.2, 0) is 19.9 Å². The molecule has 6 heteroatoms. The van der Waals surface area contributed by atoms with Crippen LogP contribution in [0.25, 0.3) is 11.3 Å². The summed E-state index contributed by atoms with van der Waals surface area (Å²) in [4.78, 5) is 18.3. The van der Waals surface area contributed by atoms with E-state index in [1.165, 1.54) is 16.8 Å². The van der Waals surface area contributed by atoms with Gasteiger partial charge in [0.25, 0.3) is 5.91 Å². The van der Waals surface area contributed by atoms with Crippen molar-refractivity contribution < 1.29 is 4.79 Å². The van der Waals surface area contributed by atoms with Crippen LogP contribution in [0.5, 0.6) is 0 Å². The second-order valence-electron chi connectivity index (χ2n) is 6.49. The fraction of sp³-hybridized carbons (Fsp3) is 0.250. The largest absolute Gasteiger partial charge is 0.365 e. The zero-order valence-corrected chi connectivity index (χ0v) is 14.7. The molecule has 0 spiro atoms.